The lowest BCUT2D eigenvalue weighted by atomic mass is 10.1. The van der Waals surface area contributed by atoms with Gasteiger partial charge in [0.1, 0.15) is 5.75 Å². The number of nitrogens with one attached hydrogen (secondary N) is 1. The van der Waals surface area contributed by atoms with E-state index in [-0.39, 0.29) is 0 Å². The second-order valence-corrected chi connectivity index (χ2v) is 8.75. The van der Waals surface area contributed by atoms with E-state index < -0.39 is 0 Å². The van der Waals surface area contributed by atoms with E-state index in [2.05, 4.69) is 58.9 Å². The van der Waals surface area contributed by atoms with Crippen molar-refractivity contribution in [2.24, 2.45) is 10.9 Å². The van der Waals surface area contributed by atoms with Crippen LogP contribution in [0.15, 0.2) is 29.3 Å². The van der Waals surface area contributed by atoms with Crippen molar-refractivity contribution in [1.29, 1.82) is 0 Å². The molecule has 0 aliphatic carbocycles. The fourth-order valence-corrected chi connectivity index (χ4v) is 5.00. The highest BCUT2D eigenvalue weighted by Gasteiger charge is 2.25. The number of ether oxygens (including phenoxy) is 1. The van der Waals surface area contributed by atoms with Crippen LogP contribution in [0.4, 0.5) is 5.69 Å². The molecule has 0 radical (unpaired) electrons. The molecule has 2 atom stereocenters. The number of hydrogen-bond donors (Lipinski definition) is 1. The average Bonchev–Trinajstić information content (AvgIpc) is 3.20. The molecule has 2 fully saturated rings. The van der Waals surface area contributed by atoms with Crippen molar-refractivity contribution in [2.45, 2.75) is 31.9 Å². The summed E-state index contributed by atoms with van der Waals surface area (Å²) in [4.78, 5) is 9.94. The Morgan fingerprint density at radius 3 is 2.96 bits per heavy atom. The third-order valence-electron chi connectivity index (χ3n) is 5.43. The number of aliphatic imine (C=N–C) groups is 1. The Bertz CT molecular complexity index is 624. The Hall–Kier alpha value is -1.56. The maximum atomic E-state index is 5.37. The Balaban J connectivity index is 1.58. The molecular weight excluding hydrogens is 356 g/mol. The van der Waals surface area contributed by atoms with Crippen LogP contribution >= 0.6 is 11.8 Å². The van der Waals surface area contributed by atoms with E-state index in [0.717, 1.165) is 56.2 Å². The van der Waals surface area contributed by atoms with Gasteiger partial charge in [0.15, 0.2) is 5.96 Å². The fraction of sp³-hybridized carbons (Fsp3) is 0.667. The molecule has 3 rings (SSSR count). The first kappa shape index (κ1) is 20.2. The molecule has 5 nitrogen and oxygen atoms in total. The highest BCUT2D eigenvalue weighted by atomic mass is 32.2. The zero-order chi connectivity index (χ0) is 19.1. The quantitative estimate of drug-likeness (QED) is 0.596. The zero-order valence-electron chi connectivity index (χ0n) is 17.0. The van der Waals surface area contributed by atoms with Crippen LogP contribution in [0.1, 0.15) is 26.7 Å². The predicted molar refractivity (Wildman–Crippen MR) is 117 cm³/mol. The molecule has 0 aromatic heterocycles. The van der Waals surface area contributed by atoms with Gasteiger partial charge in [-0.15, -0.1) is 0 Å². The summed E-state index contributed by atoms with van der Waals surface area (Å²) in [5.74, 6) is 3.86. The van der Waals surface area contributed by atoms with Gasteiger partial charge in [-0.3, -0.25) is 4.99 Å². The summed E-state index contributed by atoms with van der Waals surface area (Å²) in [7, 11) is 1.73. The van der Waals surface area contributed by atoms with E-state index in [1.54, 1.807) is 7.11 Å². The molecule has 2 aliphatic heterocycles. The summed E-state index contributed by atoms with van der Waals surface area (Å²) in [6, 6.07) is 8.38. The first-order valence-corrected chi connectivity index (χ1v) is 11.3. The third kappa shape index (κ3) is 5.47. The molecule has 0 bridgehead atoms. The number of guanidine groups is 1. The molecule has 2 saturated heterocycles. The molecule has 0 saturated carbocycles. The Kier molecular flexibility index (Phi) is 7.56. The summed E-state index contributed by atoms with van der Waals surface area (Å²) in [5.41, 5.74) is 1.26. The monoisotopic (exact) mass is 390 g/mol. The number of benzene rings is 1. The average molecular weight is 391 g/mol. The van der Waals surface area contributed by atoms with Gasteiger partial charge in [-0.05, 0) is 37.8 Å². The second kappa shape index (κ2) is 10.1. The van der Waals surface area contributed by atoms with E-state index >= 15 is 0 Å². The third-order valence-corrected chi connectivity index (χ3v) is 6.80. The van der Waals surface area contributed by atoms with Crippen molar-refractivity contribution in [2.75, 3.05) is 57.0 Å². The Morgan fingerprint density at radius 2 is 2.19 bits per heavy atom. The number of nitrogens with zero attached hydrogens (tertiary/aromatic N) is 3. The minimum atomic E-state index is 0.617. The summed E-state index contributed by atoms with van der Waals surface area (Å²) >= 11 is 2.11. The first-order chi connectivity index (χ1) is 13.2. The van der Waals surface area contributed by atoms with E-state index in [1.165, 1.54) is 24.3 Å². The molecule has 0 amide bonds. The number of rotatable bonds is 6. The first-order valence-electron chi connectivity index (χ1n) is 10.3. The second-order valence-electron chi connectivity index (χ2n) is 7.34. The molecule has 27 heavy (non-hydrogen) atoms. The van der Waals surface area contributed by atoms with E-state index in [9.17, 15) is 0 Å². The van der Waals surface area contributed by atoms with Crippen molar-refractivity contribution in [3.8, 4) is 5.75 Å². The van der Waals surface area contributed by atoms with E-state index in [0.29, 0.717) is 5.92 Å². The SMILES string of the molecule is CCNC(=NCC1CCN(c2cccc(OC)c2)C1)N1CCSC(CC)C1. The standard InChI is InChI=1S/C21H34N4OS/c1-4-20-16-25(11-12-27-20)21(22-5-2)23-14-17-9-10-24(15-17)18-7-6-8-19(13-18)26-3/h6-8,13,17,20H,4-5,9-12,14-16H2,1-3H3,(H,22,23). The molecule has 150 valence electrons. The van der Waals surface area contributed by atoms with E-state index in [4.69, 9.17) is 9.73 Å². The Labute approximate surface area is 168 Å². The minimum Gasteiger partial charge on any atom is -0.497 e. The predicted octanol–water partition coefficient (Wildman–Crippen LogP) is 3.31. The van der Waals surface area contributed by atoms with Crippen molar-refractivity contribution < 1.29 is 4.74 Å². The molecule has 6 heteroatoms. The van der Waals surface area contributed by atoms with Gasteiger partial charge in [0.05, 0.1) is 7.11 Å². The smallest absolute Gasteiger partial charge is 0.193 e. The van der Waals surface area contributed by atoms with Crippen LogP contribution in [0.3, 0.4) is 0 Å². The highest BCUT2D eigenvalue weighted by Crippen LogP contribution is 2.27. The van der Waals surface area contributed by atoms with Gasteiger partial charge in [-0.1, -0.05) is 13.0 Å². The molecule has 0 spiro atoms. The van der Waals surface area contributed by atoms with Gasteiger partial charge >= 0.3 is 0 Å². The highest BCUT2D eigenvalue weighted by molar-refractivity contribution is 8.00. The molecule has 2 heterocycles. The normalized spacial score (nSPS) is 23.6. The lowest BCUT2D eigenvalue weighted by molar-refractivity contribution is 0.406. The molecule has 2 aliphatic rings. The number of hydrogen-bond acceptors (Lipinski definition) is 4. The lowest BCUT2D eigenvalue weighted by Crippen LogP contribution is -2.48. The van der Waals surface area contributed by atoms with Crippen molar-refractivity contribution in [3.63, 3.8) is 0 Å². The maximum absolute atomic E-state index is 5.37. The number of thioether (sulfide) groups is 1. The van der Waals surface area contributed by atoms with E-state index in [1.807, 2.05) is 6.07 Å². The van der Waals surface area contributed by atoms with Crippen LogP contribution in [0.2, 0.25) is 0 Å². The summed E-state index contributed by atoms with van der Waals surface area (Å²) in [6.45, 7) is 10.7. The summed E-state index contributed by atoms with van der Waals surface area (Å²) in [5, 5.41) is 4.25. The Morgan fingerprint density at radius 1 is 1.30 bits per heavy atom. The molecule has 1 aromatic rings. The van der Waals surface area contributed by atoms with Gasteiger partial charge < -0.3 is 19.9 Å². The fourth-order valence-electron chi connectivity index (χ4n) is 3.82. The van der Waals surface area contributed by atoms with Crippen molar-refractivity contribution in [1.82, 2.24) is 10.2 Å². The van der Waals surface area contributed by atoms with Crippen LogP contribution in [0, 0.1) is 5.92 Å². The number of anilines is 1. The molecule has 2 unspecified atom stereocenters. The van der Waals surface area contributed by atoms with Gasteiger partial charge in [0.2, 0.25) is 0 Å². The van der Waals surface area contributed by atoms with Crippen LogP contribution in [-0.2, 0) is 0 Å². The van der Waals surface area contributed by atoms with Gasteiger partial charge in [0.25, 0.3) is 0 Å². The number of methoxy groups -OCH3 is 1. The zero-order valence-corrected chi connectivity index (χ0v) is 17.8. The largest absolute Gasteiger partial charge is 0.497 e. The molecule has 1 N–H and O–H groups in total. The van der Waals surface area contributed by atoms with Gasteiger partial charge in [-0.25, -0.2) is 0 Å². The minimum absolute atomic E-state index is 0.617. The van der Waals surface area contributed by atoms with Crippen LogP contribution in [0.5, 0.6) is 5.75 Å². The van der Waals surface area contributed by atoms with Crippen LogP contribution in [-0.4, -0.2) is 68.2 Å². The topological polar surface area (TPSA) is 40.1 Å². The van der Waals surface area contributed by atoms with Crippen LogP contribution < -0.4 is 15.0 Å². The van der Waals surface area contributed by atoms with Crippen LogP contribution in [0.25, 0.3) is 0 Å². The summed E-state index contributed by atoms with van der Waals surface area (Å²) < 4.78 is 5.37. The molecule has 1 aromatic carbocycles. The summed E-state index contributed by atoms with van der Waals surface area (Å²) in [6.07, 6.45) is 2.44. The molecular formula is C21H34N4OS. The maximum Gasteiger partial charge on any atom is 0.193 e. The van der Waals surface area contributed by atoms with Crippen molar-refractivity contribution in [3.05, 3.63) is 24.3 Å². The van der Waals surface area contributed by atoms with Gasteiger partial charge in [0, 0.05) is 62.0 Å². The van der Waals surface area contributed by atoms with Gasteiger partial charge in [-0.2, -0.15) is 11.8 Å². The van der Waals surface area contributed by atoms with Crippen molar-refractivity contribution >= 4 is 23.4 Å². The lowest BCUT2D eigenvalue weighted by Gasteiger charge is -2.34.